The van der Waals surface area contributed by atoms with Gasteiger partial charge in [-0.25, -0.2) is 0 Å². The summed E-state index contributed by atoms with van der Waals surface area (Å²) in [6.07, 6.45) is 1.06. The van der Waals surface area contributed by atoms with Gasteiger partial charge in [0, 0.05) is 19.4 Å². The van der Waals surface area contributed by atoms with E-state index < -0.39 is 0 Å². The number of hydrogen-bond acceptors (Lipinski definition) is 6. The predicted octanol–water partition coefficient (Wildman–Crippen LogP) is 4.01. The SMILES string of the molecule is CC(C)C(=Nc1ccc(COC(=O)CCN)cc1)C1=C(O)CC(C)(C)CC1=O. The van der Waals surface area contributed by atoms with Gasteiger partial charge >= 0.3 is 5.97 Å². The van der Waals surface area contributed by atoms with E-state index >= 15 is 0 Å². The number of aliphatic imine (C=N–C) groups is 1. The van der Waals surface area contributed by atoms with Gasteiger partial charge in [0.25, 0.3) is 0 Å². The number of carbonyl (C=O) groups is 2. The van der Waals surface area contributed by atoms with E-state index in [2.05, 4.69) is 4.99 Å². The van der Waals surface area contributed by atoms with E-state index in [9.17, 15) is 14.7 Å². The molecule has 6 nitrogen and oxygen atoms in total. The summed E-state index contributed by atoms with van der Waals surface area (Å²) in [6, 6.07) is 7.27. The van der Waals surface area contributed by atoms with Crippen molar-refractivity contribution in [2.24, 2.45) is 22.1 Å². The number of rotatable bonds is 7. The first kappa shape index (κ1) is 21.8. The lowest BCUT2D eigenvalue weighted by Crippen LogP contribution is -2.30. The molecule has 1 aliphatic rings. The molecule has 0 spiro atoms. The highest BCUT2D eigenvalue weighted by molar-refractivity contribution is 6.24. The van der Waals surface area contributed by atoms with E-state index in [1.165, 1.54) is 0 Å². The number of hydrogen-bond donors (Lipinski definition) is 2. The van der Waals surface area contributed by atoms with Crippen LogP contribution in [0.25, 0.3) is 0 Å². The number of ketones is 1. The highest BCUT2D eigenvalue weighted by Gasteiger charge is 2.35. The summed E-state index contributed by atoms with van der Waals surface area (Å²) in [6.45, 7) is 8.31. The van der Waals surface area contributed by atoms with Crippen LogP contribution in [0.15, 0.2) is 40.6 Å². The van der Waals surface area contributed by atoms with Crippen LogP contribution >= 0.6 is 0 Å². The standard InChI is InChI=1S/C22H30N2O4/c1-14(2)21(20-17(25)11-22(3,4)12-18(20)26)24-16-7-5-15(6-8-16)13-28-19(27)9-10-23/h5-8,14,25H,9-13,23H2,1-4H3. The van der Waals surface area contributed by atoms with Crippen molar-refractivity contribution in [3.05, 3.63) is 41.2 Å². The Hall–Kier alpha value is -2.47. The van der Waals surface area contributed by atoms with Crippen molar-refractivity contribution in [2.45, 2.75) is 53.6 Å². The fourth-order valence-corrected chi connectivity index (χ4v) is 3.21. The van der Waals surface area contributed by atoms with Gasteiger partial charge in [-0.15, -0.1) is 0 Å². The zero-order valence-electron chi connectivity index (χ0n) is 17.1. The molecular weight excluding hydrogens is 356 g/mol. The Morgan fingerprint density at radius 2 is 1.89 bits per heavy atom. The molecular formula is C22H30N2O4. The maximum absolute atomic E-state index is 12.7. The summed E-state index contributed by atoms with van der Waals surface area (Å²) in [7, 11) is 0. The molecule has 1 aromatic carbocycles. The van der Waals surface area contributed by atoms with Crippen LogP contribution in [0.2, 0.25) is 0 Å². The smallest absolute Gasteiger partial charge is 0.307 e. The van der Waals surface area contributed by atoms with Crippen LogP contribution in [-0.4, -0.2) is 29.1 Å². The van der Waals surface area contributed by atoms with E-state index in [1.54, 1.807) is 0 Å². The van der Waals surface area contributed by atoms with E-state index in [1.807, 2.05) is 52.0 Å². The van der Waals surface area contributed by atoms with Crippen LogP contribution < -0.4 is 5.73 Å². The first-order chi connectivity index (χ1) is 13.1. The minimum absolute atomic E-state index is 0.0146. The van der Waals surface area contributed by atoms with Gasteiger partial charge in [0.05, 0.1) is 23.4 Å². The second-order valence-electron chi connectivity index (χ2n) is 8.28. The van der Waals surface area contributed by atoms with Gasteiger partial charge < -0.3 is 15.6 Å². The Morgan fingerprint density at radius 1 is 1.25 bits per heavy atom. The number of benzene rings is 1. The molecule has 0 saturated heterocycles. The highest BCUT2D eigenvalue weighted by atomic mass is 16.5. The number of nitrogens with zero attached hydrogens (tertiary/aromatic N) is 1. The third-order valence-electron chi connectivity index (χ3n) is 4.59. The van der Waals surface area contributed by atoms with E-state index in [0.717, 1.165) is 5.56 Å². The Bertz CT molecular complexity index is 789. The summed E-state index contributed by atoms with van der Waals surface area (Å²) in [4.78, 5) is 28.7. The highest BCUT2D eigenvalue weighted by Crippen LogP contribution is 2.37. The molecule has 0 amide bonds. The molecule has 6 heteroatoms. The molecule has 1 aliphatic carbocycles. The summed E-state index contributed by atoms with van der Waals surface area (Å²) >= 11 is 0. The van der Waals surface area contributed by atoms with Crippen LogP contribution in [0.5, 0.6) is 0 Å². The number of aliphatic hydroxyl groups excluding tert-OH is 1. The average Bonchev–Trinajstić information content (AvgIpc) is 2.58. The van der Waals surface area contributed by atoms with Gasteiger partial charge in [-0.1, -0.05) is 39.8 Å². The Kier molecular flexibility index (Phi) is 7.13. The lowest BCUT2D eigenvalue weighted by Gasteiger charge is -2.30. The van der Waals surface area contributed by atoms with Crippen LogP contribution in [-0.2, 0) is 20.9 Å². The Morgan fingerprint density at radius 3 is 2.43 bits per heavy atom. The normalized spacial score (nSPS) is 17.2. The first-order valence-electron chi connectivity index (χ1n) is 9.62. The zero-order valence-corrected chi connectivity index (χ0v) is 17.1. The lowest BCUT2D eigenvalue weighted by atomic mass is 9.74. The topological polar surface area (TPSA) is 102 Å². The molecule has 0 radical (unpaired) electrons. The van der Waals surface area contributed by atoms with Gasteiger partial charge in [-0.3, -0.25) is 14.6 Å². The molecule has 0 saturated carbocycles. The summed E-state index contributed by atoms with van der Waals surface area (Å²) in [5.41, 5.74) is 7.56. The van der Waals surface area contributed by atoms with Crippen molar-refractivity contribution in [3.8, 4) is 0 Å². The molecule has 0 fully saturated rings. The predicted molar refractivity (Wildman–Crippen MR) is 110 cm³/mol. The summed E-state index contributed by atoms with van der Waals surface area (Å²) < 4.78 is 5.13. The lowest BCUT2D eigenvalue weighted by molar-refractivity contribution is -0.144. The number of esters is 1. The van der Waals surface area contributed by atoms with E-state index in [-0.39, 0.29) is 48.4 Å². The van der Waals surface area contributed by atoms with Crippen molar-refractivity contribution in [1.29, 1.82) is 0 Å². The third-order valence-corrected chi connectivity index (χ3v) is 4.59. The average molecular weight is 386 g/mol. The fraction of sp³-hybridized carbons (Fsp3) is 0.500. The summed E-state index contributed by atoms with van der Waals surface area (Å²) in [5.74, 6) is -0.284. The van der Waals surface area contributed by atoms with Crippen molar-refractivity contribution in [1.82, 2.24) is 0 Å². The largest absolute Gasteiger partial charge is 0.511 e. The van der Waals surface area contributed by atoms with Crippen LogP contribution in [0.4, 0.5) is 5.69 Å². The van der Waals surface area contributed by atoms with Gasteiger partial charge in [0.2, 0.25) is 0 Å². The third kappa shape index (κ3) is 5.76. The molecule has 0 heterocycles. The molecule has 0 atom stereocenters. The van der Waals surface area contributed by atoms with Crippen molar-refractivity contribution >= 4 is 23.2 Å². The molecule has 28 heavy (non-hydrogen) atoms. The molecule has 0 unspecified atom stereocenters. The minimum Gasteiger partial charge on any atom is -0.511 e. The zero-order chi connectivity index (χ0) is 20.9. The van der Waals surface area contributed by atoms with Crippen molar-refractivity contribution < 1.29 is 19.4 Å². The molecule has 0 aliphatic heterocycles. The molecule has 0 aromatic heterocycles. The van der Waals surface area contributed by atoms with Crippen LogP contribution in [0.3, 0.4) is 0 Å². The quantitative estimate of drug-likeness (QED) is 0.544. The molecule has 2 rings (SSSR count). The molecule has 0 bridgehead atoms. The Balaban J connectivity index is 2.23. The molecule has 152 valence electrons. The number of allylic oxidation sites excluding steroid dienone is 2. The number of ether oxygens (including phenoxy) is 1. The number of aliphatic hydroxyl groups is 1. The second-order valence-corrected chi connectivity index (χ2v) is 8.28. The maximum atomic E-state index is 12.7. The van der Waals surface area contributed by atoms with Gasteiger partial charge in [-0.05, 0) is 29.0 Å². The van der Waals surface area contributed by atoms with Crippen LogP contribution in [0.1, 0.15) is 52.5 Å². The number of nitrogens with two attached hydrogens (primary N) is 1. The first-order valence-corrected chi connectivity index (χ1v) is 9.62. The van der Waals surface area contributed by atoms with Crippen LogP contribution in [0, 0.1) is 11.3 Å². The number of carbonyl (C=O) groups excluding carboxylic acids is 2. The number of Topliss-reactive ketones (excluding diaryl/α,β-unsaturated/α-hetero) is 1. The van der Waals surface area contributed by atoms with Crippen molar-refractivity contribution in [3.63, 3.8) is 0 Å². The molecule has 1 aromatic rings. The minimum atomic E-state index is -0.326. The van der Waals surface area contributed by atoms with Gasteiger partial charge in [0.15, 0.2) is 5.78 Å². The fourth-order valence-electron chi connectivity index (χ4n) is 3.21. The maximum Gasteiger partial charge on any atom is 0.307 e. The summed E-state index contributed by atoms with van der Waals surface area (Å²) in [5, 5.41) is 10.5. The van der Waals surface area contributed by atoms with Gasteiger partial charge in [-0.2, -0.15) is 0 Å². The Labute approximate surface area is 166 Å². The van der Waals surface area contributed by atoms with E-state index in [0.29, 0.717) is 29.8 Å². The second kappa shape index (κ2) is 9.15. The monoisotopic (exact) mass is 386 g/mol. The van der Waals surface area contributed by atoms with E-state index in [4.69, 9.17) is 10.5 Å². The van der Waals surface area contributed by atoms with Crippen molar-refractivity contribution in [2.75, 3.05) is 6.54 Å². The van der Waals surface area contributed by atoms with Gasteiger partial charge in [0.1, 0.15) is 12.4 Å². The molecule has 3 N–H and O–H groups in total.